The average molecular weight is 262 g/mol. The van der Waals surface area contributed by atoms with Gasteiger partial charge in [-0.25, -0.2) is 9.97 Å². The third-order valence-corrected chi connectivity index (χ3v) is 3.40. The van der Waals surface area contributed by atoms with Gasteiger partial charge in [-0.15, -0.1) is 0 Å². The molecular formula is C15H26N4. The molecule has 4 heteroatoms. The summed E-state index contributed by atoms with van der Waals surface area (Å²) in [6.07, 6.45) is 5.01. The van der Waals surface area contributed by atoms with Crippen molar-refractivity contribution in [1.29, 1.82) is 0 Å². The topological polar surface area (TPSA) is 41.1 Å². The summed E-state index contributed by atoms with van der Waals surface area (Å²) in [4.78, 5) is 11.4. The van der Waals surface area contributed by atoms with Crippen molar-refractivity contribution in [2.45, 2.75) is 34.1 Å². The number of rotatable bonds is 3. The van der Waals surface area contributed by atoms with Crippen LogP contribution in [0.25, 0.3) is 0 Å². The van der Waals surface area contributed by atoms with Gasteiger partial charge in [-0.05, 0) is 23.3 Å². The maximum atomic E-state index is 4.55. The van der Waals surface area contributed by atoms with Crippen molar-refractivity contribution < 1.29 is 0 Å². The quantitative estimate of drug-likeness (QED) is 0.906. The zero-order valence-electron chi connectivity index (χ0n) is 12.6. The summed E-state index contributed by atoms with van der Waals surface area (Å²) in [5.41, 5.74) is 1.49. The van der Waals surface area contributed by atoms with Crippen LogP contribution in [-0.4, -0.2) is 36.1 Å². The molecule has 19 heavy (non-hydrogen) atoms. The highest BCUT2D eigenvalue weighted by Crippen LogP contribution is 2.20. The summed E-state index contributed by atoms with van der Waals surface area (Å²) < 4.78 is 0. The van der Waals surface area contributed by atoms with E-state index in [1.54, 1.807) is 0 Å². The highest BCUT2D eigenvalue weighted by molar-refractivity contribution is 5.31. The van der Waals surface area contributed by atoms with Gasteiger partial charge in [0.1, 0.15) is 0 Å². The van der Waals surface area contributed by atoms with Crippen LogP contribution in [-0.2, 0) is 6.42 Å². The average Bonchev–Trinajstić information content (AvgIpc) is 2.50. The number of anilines is 1. The monoisotopic (exact) mass is 262 g/mol. The van der Waals surface area contributed by atoms with Crippen molar-refractivity contribution in [3.05, 3.63) is 18.0 Å². The van der Waals surface area contributed by atoms with Crippen molar-refractivity contribution in [3.8, 4) is 0 Å². The highest BCUT2D eigenvalue weighted by Gasteiger charge is 2.25. The normalized spacial score (nSPS) is 19.5. The lowest BCUT2D eigenvalue weighted by Gasteiger charge is -2.29. The maximum absolute atomic E-state index is 4.55. The second-order valence-electron chi connectivity index (χ2n) is 6.75. The Morgan fingerprint density at radius 3 is 2.63 bits per heavy atom. The van der Waals surface area contributed by atoms with Gasteiger partial charge in [0.2, 0.25) is 5.95 Å². The summed E-state index contributed by atoms with van der Waals surface area (Å²) in [7, 11) is 0. The molecule has 0 unspecified atom stereocenters. The molecule has 1 fully saturated rings. The Labute approximate surface area is 116 Å². The van der Waals surface area contributed by atoms with E-state index in [-0.39, 0.29) is 5.41 Å². The molecule has 0 aromatic carbocycles. The molecule has 0 spiro atoms. The molecule has 1 aliphatic rings. The van der Waals surface area contributed by atoms with Gasteiger partial charge in [0.15, 0.2) is 0 Å². The molecule has 1 N–H and O–H groups in total. The zero-order chi connectivity index (χ0) is 13.9. The van der Waals surface area contributed by atoms with E-state index in [4.69, 9.17) is 0 Å². The molecule has 0 radical (unpaired) electrons. The molecule has 1 aliphatic heterocycles. The van der Waals surface area contributed by atoms with E-state index in [2.05, 4.69) is 47.9 Å². The van der Waals surface area contributed by atoms with Crippen molar-refractivity contribution >= 4 is 5.95 Å². The van der Waals surface area contributed by atoms with Gasteiger partial charge >= 0.3 is 0 Å². The number of hydrogen-bond acceptors (Lipinski definition) is 4. The second kappa shape index (κ2) is 5.87. The number of nitrogens with zero attached hydrogens (tertiary/aromatic N) is 3. The van der Waals surface area contributed by atoms with Gasteiger partial charge in [-0.3, -0.25) is 0 Å². The summed E-state index contributed by atoms with van der Waals surface area (Å²) in [5, 5.41) is 3.48. The Balaban J connectivity index is 2.08. The maximum Gasteiger partial charge on any atom is 0.225 e. The lowest BCUT2D eigenvalue weighted by molar-refractivity contribution is 0.369. The van der Waals surface area contributed by atoms with Crippen molar-refractivity contribution in [2.24, 2.45) is 11.3 Å². The van der Waals surface area contributed by atoms with E-state index in [1.165, 1.54) is 5.56 Å². The van der Waals surface area contributed by atoms with Gasteiger partial charge in [-0.1, -0.05) is 27.7 Å². The Bertz CT molecular complexity index is 397. The standard InChI is InChI=1S/C15H26N4/c1-12(2)7-13-8-17-14(18-9-13)19-6-5-16-10-15(3,4)11-19/h8-9,12,16H,5-7,10-11H2,1-4H3. The van der Waals surface area contributed by atoms with Crippen molar-refractivity contribution in [3.63, 3.8) is 0 Å². The molecule has 2 rings (SSSR count). The van der Waals surface area contributed by atoms with Crippen LogP contribution < -0.4 is 10.2 Å². The summed E-state index contributed by atoms with van der Waals surface area (Å²) >= 11 is 0. The first-order chi connectivity index (χ1) is 8.96. The molecule has 0 atom stereocenters. The fourth-order valence-corrected chi connectivity index (χ4v) is 2.55. The van der Waals surface area contributed by atoms with Gasteiger partial charge < -0.3 is 10.2 Å². The lowest BCUT2D eigenvalue weighted by Crippen LogP contribution is -2.36. The van der Waals surface area contributed by atoms with E-state index >= 15 is 0 Å². The molecule has 4 nitrogen and oxygen atoms in total. The van der Waals surface area contributed by atoms with Crippen LogP contribution in [0.3, 0.4) is 0 Å². The summed E-state index contributed by atoms with van der Waals surface area (Å²) in [6.45, 7) is 13.0. The molecule has 1 aromatic heterocycles. The number of hydrogen-bond donors (Lipinski definition) is 1. The SMILES string of the molecule is CC(C)Cc1cnc(N2CCNCC(C)(C)C2)nc1. The number of nitrogens with one attached hydrogen (secondary N) is 1. The van der Waals surface area contributed by atoms with Gasteiger partial charge in [0, 0.05) is 38.6 Å². The molecule has 0 amide bonds. The smallest absolute Gasteiger partial charge is 0.225 e. The van der Waals surface area contributed by atoms with E-state index in [0.717, 1.165) is 38.5 Å². The largest absolute Gasteiger partial charge is 0.339 e. The fourth-order valence-electron chi connectivity index (χ4n) is 2.55. The molecule has 1 saturated heterocycles. The van der Waals surface area contributed by atoms with E-state index in [0.29, 0.717) is 5.92 Å². The molecule has 0 saturated carbocycles. The van der Waals surface area contributed by atoms with Crippen LogP contribution in [0.2, 0.25) is 0 Å². The van der Waals surface area contributed by atoms with Gasteiger partial charge in [0.05, 0.1) is 0 Å². The minimum Gasteiger partial charge on any atom is -0.339 e. The third-order valence-electron chi connectivity index (χ3n) is 3.40. The Morgan fingerprint density at radius 2 is 2.00 bits per heavy atom. The zero-order valence-corrected chi connectivity index (χ0v) is 12.6. The molecule has 0 aliphatic carbocycles. The van der Waals surface area contributed by atoms with Crippen molar-refractivity contribution in [2.75, 3.05) is 31.1 Å². The predicted molar refractivity (Wildman–Crippen MR) is 79.4 cm³/mol. The molecule has 0 bridgehead atoms. The Morgan fingerprint density at radius 1 is 1.32 bits per heavy atom. The third kappa shape index (κ3) is 4.16. The molecule has 106 valence electrons. The second-order valence-corrected chi connectivity index (χ2v) is 6.75. The molecule has 1 aromatic rings. The van der Waals surface area contributed by atoms with Crippen LogP contribution in [0, 0.1) is 11.3 Å². The van der Waals surface area contributed by atoms with Crippen LogP contribution in [0.4, 0.5) is 5.95 Å². The molecular weight excluding hydrogens is 236 g/mol. The van der Waals surface area contributed by atoms with Crippen molar-refractivity contribution in [1.82, 2.24) is 15.3 Å². The lowest BCUT2D eigenvalue weighted by atomic mass is 9.93. The predicted octanol–water partition coefficient (Wildman–Crippen LogP) is 2.11. The fraction of sp³-hybridized carbons (Fsp3) is 0.733. The van der Waals surface area contributed by atoms with E-state index < -0.39 is 0 Å². The first-order valence-corrected chi connectivity index (χ1v) is 7.23. The van der Waals surface area contributed by atoms with Crippen LogP contribution in [0.5, 0.6) is 0 Å². The van der Waals surface area contributed by atoms with Crippen LogP contribution >= 0.6 is 0 Å². The molecule has 2 heterocycles. The van der Waals surface area contributed by atoms with E-state index in [9.17, 15) is 0 Å². The minimum absolute atomic E-state index is 0.260. The highest BCUT2D eigenvalue weighted by atomic mass is 15.3. The number of aromatic nitrogens is 2. The first kappa shape index (κ1) is 14.3. The van der Waals surface area contributed by atoms with E-state index in [1.807, 2.05) is 12.4 Å². The first-order valence-electron chi connectivity index (χ1n) is 7.23. The van der Waals surface area contributed by atoms with Crippen LogP contribution in [0.1, 0.15) is 33.3 Å². The van der Waals surface area contributed by atoms with Crippen LogP contribution in [0.15, 0.2) is 12.4 Å². The Hall–Kier alpha value is -1.16. The Kier molecular flexibility index (Phi) is 4.40. The minimum atomic E-state index is 0.260. The van der Waals surface area contributed by atoms with Gasteiger partial charge in [0.25, 0.3) is 0 Å². The summed E-state index contributed by atoms with van der Waals surface area (Å²) in [6, 6.07) is 0. The summed E-state index contributed by atoms with van der Waals surface area (Å²) in [5.74, 6) is 1.51. The van der Waals surface area contributed by atoms with Gasteiger partial charge in [-0.2, -0.15) is 0 Å².